The number of hydrogen-bond acceptors (Lipinski definition) is 3. The highest BCUT2D eigenvalue weighted by molar-refractivity contribution is 5.93. The van der Waals surface area contributed by atoms with Gasteiger partial charge in [0.25, 0.3) is 11.5 Å². The van der Waals surface area contributed by atoms with Gasteiger partial charge in [0.05, 0.1) is 6.10 Å². The van der Waals surface area contributed by atoms with Crippen LogP contribution in [0.5, 0.6) is 0 Å². The number of ether oxygens (including phenoxy) is 1. The Labute approximate surface area is 123 Å². The third-order valence-electron chi connectivity index (χ3n) is 3.20. The molecule has 1 amide bonds. The van der Waals surface area contributed by atoms with Crippen molar-refractivity contribution >= 4 is 5.91 Å². The van der Waals surface area contributed by atoms with Gasteiger partial charge in [0.1, 0.15) is 5.56 Å². The molecule has 2 aromatic rings. The molecule has 0 bridgehead atoms. The molecule has 0 radical (unpaired) electrons. The van der Waals surface area contributed by atoms with Crippen LogP contribution in [-0.2, 0) is 4.74 Å². The molecule has 2 N–H and O–H groups in total. The first-order chi connectivity index (χ1) is 10.1. The summed E-state index contributed by atoms with van der Waals surface area (Å²) in [6.07, 6.45) is -0.250. The Morgan fingerprint density at radius 2 is 1.95 bits per heavy atom. The Balaban J connectivity index is 2.04. The van der Waals surface area contributed by atoms with Crippen molar-refractivity contribution in [1.82, 2.24) is 10.3 Å². The topological polar surface area (TPSA) is 71.2 Å². The summed E-state index contributed by atoms with van der Waals surface area (Å²) in [5, 5.41) is 2.72. The normalized spacial score (nSPS) is 11.9. The van der Waals surface area contributed by atoms with Crippen molar-refractivity contribution in [3.63, 3.8) is 0 Å². The number of pyridine rings is 1. The summed E-state index contributed by atoms with van der Waals surface area (Å²) in [4.78, 5) is 26.4. The molecule has 0 saturated heterocycles. The van der Waals surface area contributed by atoms with Gasteiger partial charge in [-0.1, -0.05) is 30.3 Å². The summed E-state index contributed by atoms with van der Waals surface area (Å²) in [5.74, 6) is -0.408. The van der Waals surface area contributed by atoms with Gasteiger partial charge in [0.15, 0.2) is 0 Å². The number of H-pyrrole nitrogens is 1. The van der Waals surface area contributed by atoms with Crippen molar-refractivity contribution in [3.8, 4) is 0 Å². The van der Waals surface area contributed by atoms with Gasteiger partial charge in [0.2, 0.25) is 0 Å². The second kappa shape index (κ2) is 6.85. The van der Waals surface area contributed by atoms with Crippen molar-refractivity contribution < 1.29 is 9.53 Å². The largest absolute Gasteiger partial charge is 0.375 e. The predicted octanol–water partition coefficient (Wildman–Crippen LogP) is 1.80. The minimum Gasteiger partial charge on any atom is -0.375 e. The number of rotatable bonds is 5. The fourth-order valence-electron chi connectivity index (χ4n) is 2.04. The number of aromatic amines is 1. The van der Waals surface area contributed by atoms with E-state index in [1.807, 2.05) is 30.3 Å². The van der Waals surface area contributed by atoms with Gasteiger partial charge in [-0.05, 0) is 24.6 Å². The monoisotopic (exact) mass is 286 g/mol. The molecule has 1 aromatic carbocycles. The summed E-state index contributed by atoms with van der Waals surface area (Å²) >= 11 is 0. The van der Waals surface area contributed by atoms with Crippen molar-refractivity contribution in [2.45, 2.75) is 13.0 Å². The van der Waals surface area contributed by atoms with E-state index in [0.29, 0.717) is 6.54 Å². The minimum absolute atomic E-state index is 0.100. The van der Waals surface area contributed by atoms with Crippen LogP contribution in [0.3, 0.4) is 0 Å². The molecule has 110 valence electrons. The lowest BCUT2D eigenvalue weighted by molar-refractivity contribution is 0.0827. The van der Waals surface area contributed by atoms with Gasteiger partial charge < -0.3 is 15.0 Å². The molecule has 1 atom stereocenters. The number of methoxy groups -OCH3 is 1. The Morgan fingerprint density at radius 1 is 1.24 bits per heavy atom. The van der Waals surface area contributed by atoms with Crippen LogP contribution in [0.1, 0.15) is 27.7 Å². The van der Waals surface area contributed by atoms with Crippen LogP contribution in [0.2, 0.25) is 0 Å². The fourth-order valence-corrected chi connectivity index (χ4v) is 2.04. The van der Waals surface area contributed by atoms with Gasteiger partial charge in [0, 0.05) is 19.3 Å². The molecule has 0 aliphatic heterocycles. The molecule has 0 fully saturated rings. The highest BCUT2D eigenvalue weighted by Crippen LogP contribution is 2.14. The third kappa shape index (κ3) is 3.79. The first kappa shape index (κ1) is 15.0. The first-order valence-corrected chi connectivity index (χ1v) is 6.67. The number of carbonyl (C=O) groups is 1. The molecular weight excluding hydrogens is 268 g/mol. The molecule has 0 aliphatic rings. The Morgan fingerprint density at radius 3 is 2.57 bits per heavy atom. The van der Waals surface area contributed by atoms with E-state index in [-0.39, 0.29) is 17.2 Å². The SMILES string of the molecule is CO[C@@H](CNC(=O)c1ccc(C)[nH]c1=O)c1ccccc1. The molecule has 0 spiro atoms. The number of aromatic nitrogens is 1. The number of carbonyl (C=O) groups excluding carboxylic acids is 1. The highest BCUT2D eigenvalue weighted by Gasteiger charge is 2.14. The first-order valence-electron chi connectivity index (χ1n) is 6.67. The maximum Gasteiger partial charge on any atom is 0.260 e. The molecule has 1 heterocycles. The predicted molar refractivity (Wildman–Crippen MR) is 80.3 cm³/mol. The molecule has 2 rings (SSSR count). The van der Waals surface area contributed by atoms with E-state index in [2.05, 4.69) is 10.3 Å². The van der Waals surface area contributed by atoms with E-state index >= 15 is 0 Å². The van der Waals surface area contributed by atoms with Gasteiger partial charge in [-0.3, -0.25) is 9.59 Å². The van der Waals surface area contributed by atoms with Crippen molar-refractivity contribution in [2.24, 2.45) is 0 Å². The fraction of sp³-hybridized carbons (Fsp3) is 0.250. The van der Waals surface area contributed by atoms with Crippen molar-refractivity contribution in [1.29, 1.82) is 0 Å². The average molecular weight is 286 g/mol. The summed E-state index contributed by atoms with van der Waals surface area (Å²) in [7, 11) is 1.59. The number of benzene rings is 1. The third-order valence-corrected chi connectivity index (χ3v) is 3.20. The molecular formula is C16H18N2O3. The highest BCUT2D eigenvalue weighted by atomic mass is 16.5. The van der Waals surface area contributed by atoms with Crippen LogP contribution in [-0.4, -0.2) is 24.5 Å². The Kier molecular flexibility index (Phi) is 4.90. The van der Waals surface area contributed by atoms with E-state index in [9.17, 15) is 9.59 Å². The minimum atomic E-state index is -0.408. The van der Waals surface area contributed by atoms with Gasteiger partial charge in [-0.2, -0.15) is 0 Å². The number of hydrogen-bond donors (Lipinski definition) is 2. The van der Waals surface area contributed by atoms with E-state index < -0.39 is 5.91 Å². The lowest BCUT2D eigenvalue weighted by Crippen LogP contribution is -2.33. The number of aryl methyl sites for hydroxylation is 1. The zero-order valence-corrected chi connectivity index (χ0v) is 12.1. The van der Waals surface area contributed by atoms with E-state index in [0.717, 1.165) is 11.3 Å². The lowest BCUT2D eigenvalue weighted by Gasteiger charge is -2.16. The molecule has 5 heteroatoms. The Bertz CT molecular complexity index is 665. The summed E-state index contributed by atoms with van der Waals surface area (Å²) in [6, 6.07) is 12.8. The standard InChI is InChI=1S/C16H18N2O3/c1-11-8-9-13(16(20)18-11)15(19)17-10-14(21-2)12-6-4-3-5-7-12/h3-9,14H,10H2,1-2H3,(H,17,19)(H,18,20)/t14-/m0/s1. The van der Waals surface area contributed by atoms with E-state index in [4.69, 9.17) is 4.74 Å². The van der Waals surface area contributed by atoms with Crippen LogP contribution in [0, 0.1) is 6.92 Å². The zero-order chi connectivity index (χ0) is 15.2. The smallest absolute Gasteiger partial charge is 0.260 e. The van der Waals surface area contributed by atoms with Gasteiger partial charge in [-0.25, -0.2) is 0 Å². The van der Waals surface area contributed by atoms with Crippen molar-refractivity contribution in [2.75, 3.05) is 13.7 Å². The zero-order valence-electron chi connectivity index (χ0n) is 12.1. The molecule has 0 aliphatic carbocycles. The van der Waals surface area contributed by atoms with Crippen LogP contribution < -0.4 is 10.9 Å². The average Bonchev–Trinajstić information content (AvgIpc) is 2.48. The van der Waals surface area contributed by atoms with Crippen LogP contribution in [0.4, 0.5) is 0 Å². The summed E-state index contributed by atoms with van der Waals surface area (Å²) in [6.45, 7) is 2.06. The molecule has 0 saturated carbocycles. The number of nitrogens with one attached hydrogen (secondary N) is 2. The molecule has 5 nitrogen and oxygen atoms in total. The molecule has 1 aromatic heterocycles. The summed E-state index contributed by atoms with van der Waals surface area (Å²) < 4.78 is 5.37. The van der Waals surface area contributed by atoms with Gasteiger partial charge in [-0.15, -0.1) is 0 Å². The van der Waals surface area contributed by atoms with Crippen molar-refractivity contribution in [3.05, 3.63) is 69.6 Å². The maximum atomic E-state index is 12.0. The second-order valence-electron chi connectivity index (χ2n) is 4.73. The van der Waals surface area contributed by atoms with Crippen LogP contribution in [0.25, 0.3) is 0 Å². The molecule has 0 unspecified atom stereocenters. The van der Waals surface area contributed by atoms with E-state index in [1.54, 1.807) is 20.1 Å². The number of amides is 1. The van der Waals surface area contributed by atoms with Crippen LogP contribution in [0.15, 0.2) is 47.3 Å². The van der Waals surface area contributed by atoms with Crippen LogP contribution >= 0.6 is 0 Å². The second-order valence-corrected chi connectivity index (χ2v) is 4.73. The lowest BCUT2D eigenvalue weighted by atomic mass is 10.1. The van der Waals surface area contributed by atoms with Gasteiger partial charge >= 0.3 is 0 Å². The Hall–Kier alpha value is -2.40. The molecule has 21 heavy (non-hydrogen) atoms. The quantitative estimate of drug-likeness (QED) is 0.880. The summed E-state index contributed by atoms with van der Waals surface area (Å²) in [5.41, 5.74) is 1.40. The van der Waals surface area contributed by atoms with E-state index in [1.165, 1.54) is 6.07 Å². The maximum absolute atomic E-state index is 12.0.